The van der Waals surface area contributed by atoms with Crippen LogP contribution in [-0.4, -0.2) is 63.8 Å². The van der Waals surface area contributed by atoms with Crippen molar-refractivity contribution >= 4 is 0 Å². The van der Waals surface area contributed by atoms with Gasteiger partial charge in [-0.2, -0.15) is 0 Å². The third-order valence-electron chi connectivity index (χ3n) is 4.93. The third kappa shape index (κ3) is 9.49. The van der Waals surface area contributed by atoms with Gasteiger partial charge in [-0.3, -0.25) is 0 Å². The fourth-order valence-corrected chi connectivity index (χ4v) is 3.10. The van der Waals surface area contributed by atoms with E-state index in [0.29, 0.717) is 33.0 Å². The first-order valence-corrected chi connectivity index (χ1v) is 11.4. The molecule has 0 amide bonds. The van der Waals surface area contributed by atoms with Gasteiger partial charge in [0.2, 0.25) is 6.36 Å². The lowest BCUT2D eigenvalue weighted by molar-refractivity contribution is -0.293. The van der Waals surface area contributed by atoms with E-state index >= 15 is 0 Å². The number of hydrogen-bond donors (Lipinski definition) is 0. The summed E-state index contributed by atoms with van der Waals surface area (Å²) in [5.74, 6) is 0. The van der Waals surface area contributed by atoms with Crippen LogP contribution >= 0.6 is 0 Å². The fourth-order valence-electron chi connectivity index (χ4n) is 3.10. The Hall–Kier alpha value is -0.270. The van der Waals surface area contributed by atoms with Crippen molar-refractivity contribution in [2.24, 2.45) is 0 Å². The van der Waals surface area contributed by atoms with Gasteiger partial charge in [0.15, 0.2) is 0 Å². The predicted octanol–water partition coefficient (Wildman–Crippen LogP) is 5.05. The summed E-state index contributed by atoms with van der Waals surface area (Å²) in [6.07, 6.45) is 4.20. The number of halogens is 1. The van der Waals surface area contributed by atoms with E-state index in [-0.39, 0.29) is 6.10 Å². The molecule has 1 aliphatic heterocycles. The zero-order valence-electron chi connectivity index (χ0n) is 18.5. The molecule has 1 rings (SSSR count). The van der Waals surface area contributed by atoms with Crippen LogP contribution < -0.4 is 0 Å². The Balaban J connectivity index is 2.84. The lowest BCUT2D eigenvalue weighted by Gasteiger charge is -2.43. The fraction of sp³-hybridized carbons (Fsp3) is 1.00. The highest BCUT2D eigenvalue weighted by Crippen LogP contribution is 2.30. The van der Waals surface area contributed by atoms with Crippen molar-refractivity contribution in [2.45, 2.75) is 110 Å². The van der Waals surface area contributed by atoms with Crippen molar-refractivity contribution < 1.29 is 28.1 Å². The molecule has 0 aliphatic carbocycles. The first-order valence-electron chi connectivity index (χ1n) is 11.4. The second kappa shape index (κ2) is 16.5. The van der Waals surface area contributed by atoms with Gasteiger partial charge in [-0.25, -0.2) is 4.39 Å². The van der Waals surface area contributed by atoms with Gasteiger partial charge in [0.1, 0.15) is 24.4 Å². The highest BCUT2D eigenvalue weighted by molar-refractivity contribution is 4.92. The first kappa shape index (κ1) is 25.8. The lowest BCUT2D eigenvalue weighted by atomic mass is 9.98. The van der Waals surface area contributed by atoms with Crippen LogP contribution in [0, 0.1) is 0 Å². The van der Waals surface area contributed by atoms with Crippen LogP contribution in [0.5, 0.6) is 0 Å². The van der Waals surface area contributed by atoms with Crippen LogP contribution in [0.2, 0.25) is 0 Å². The summed E-state index contributed by atoms with van der Waals surface area (Å²) in [6.45, 7) is 11.1. The molecule has 0 aromatic heterocycles. The van der Waals surface area contributed by atoms with E-state index < -0.39 is 24.7 Å². The first-order chi connectivity index (χ1) is 13.7. The molecule has 0 spiro atoms. The number of hydrogen-bond acceptors (Lipinski definition) is 5. The van der Waals surface area contributed by atoms with Gasteiger partial charge in [0.25, 0.3) is 0 Å². The molecular weight excluding hydrogens is 363 g/mol. The van der Waals surface area contributed by atoms with E-state index in [2.05, 4.69) is 27.7 Å². The number of unbranched alkanes of at least 4 members (excludes halogenated alkanes) is 4. The quantitative estimate of drug-likeness (QED) is 0.316. The van der Waals surface area contributed by atoms with Crippen LogP contribution in [0.1, 0.15) is 79.1 Å². The van der Waals surface area contributed by atoms with Crippen molar-refractivity contribution in [2.75, 3.05) is 33.0 Å². The smallest absolute Gasteiger partial charge is 0.228 e. The van der Waals surface area contributed by atoms with Crippen molar-refractivity contribution in [3.63, 3.8) is 0 Å². The monoisotopic (exact) mass is 406 g/mol. The molecule has 168 valence electrons. The normalized spacial score (nSPS) is 28.0. The van der Waals surface area contributed by atoms with Gasteiger partial charge in [-0.15, -0.1) is 0 Å². The van der Waals surface area contributed by atoms with Crippen LogP contribution in [-0.2, 0) is 23.7 Å². The molecule has 6 heteroatoms. The molecule has 0 saturated carbocycles. The predicted molar refractivity (Wildman–Crippen MR) is 109 cm³/mol. The molecule has 5 atom stereocenters. The summed E-state index contributed by atoms with van der Waals surface area (Å²) in [7, 11) is 0. The minimum absolute atomic E-state index is 0.312. The maximum Gasteiger partial charge on any atom is 0.228 e. The summed E-state index contributed by atoms with van der Waals surface area (Å²) in [6, 6.07) is 0. The van der Waals surface area contributed by atoms with Crippen LogP contribution in [0.3, 0.4) is 0 Å². The summed E-state index contributed by atoms with van der Waals surface area (Å²) in [5.41, 5.74) is 0. The van der Waals surface area contributed by atoms with E-state index in [1.807, 2.05) is 0 Å². The van der Waals surface area contributed by atoms with Gasteiger partial charge in [0, 0.05) is 26.4 Å². The molecule has 0 aromatic carbocycles. The average Bonchev–Trinajstić information content (AvgIpc) is 2.69. The van der Waals surface area contributed by atoms with Crippen LogP contribution in [0.15, 0.2) is 0 Å². The number of ether oxygens (including phenoxy) is 5. The van der Waals surface area contributed by atoms with Gasteiger partial charge in [0.05, 0.1) is 6.61 Å². The molecule has 0 unspecified atom stereocenters. The van der Waals surface area contributed by atoms with E-state index in [4.69, 9.17) is 23.7 Å². The highest BCUT2D eigenvalue weighted by Gasteiger charge is 2.48. The Labute approximate surface area is 171 Å². The molecular formula is C22H43FO5. The minimum atomic E-state index is -1.53. The van der Waals surface area contributed by atoms with Gasteiger partial charge in [-0.05, 0) is 25.7 Å². The Morgan fingerprint density at radius 2 is 1.11 bits per heavy atom. The van der Waals surface area contributed by atoms with Crippen molar-refractivity contribution in [3.8, 4) is 0 Å². The highest BCUT2D eigenvalue weighted by atomic mass is 19.1. The minimum Gasteiger partial charge on any atom is -0.379 e. The molecule has 1 aliphatic rings. The second-order valence-electron chi connectivity index (χ2n) is 7.52. The Kier molecular flexibility index (Phi) is 15.2. The van der Waals surface area contributed by atoms with Gasteiger partial charge < -0.3 is 23.7 Å². The summed E-state index contributed by atoms with van der Waals surface area (Å²) in [5, 5.41) is 0. The standard InChI is InChI=1S/C22H43FO5/c1-5-9-13-24-17-18-19(25-14-10-6-2)20(26-15-11-7-3)21(22(23)28-18)27-16-12-8-4/h18-22H,5-17H2,1-4H3/t18-,19-,20+,21+,22+/m1/s1. The Bertz CT molecular complexity index is 358. The lowest BCUT2D eigenvalue weighted by Crippen LogP contribution is -2.60. The maximum atomic E-state index is 14.9. The average molecular weight is 407 g/mol. The van der Waals surface area contributed by atoms with Crippen molar-refractivity contribution in [3.05, 3.63) is 0 Å². The molecule has 0 radical (unpaired) electrons. The van der Waals surface area contributed by atoms with Crippen molar-refractivity contribution in [1.29, 1.82) is 0 Å². The molecule has 1 heterocycles. The van der Waals surface area contributed by atoms with Crippen LogP contribution in [0.25, 0.3) is 0 Å². The number of rotatable bonds is 17. The molecule has 0 aromatic rings. The third-order valence-corrected chi connectivity index (χ3v) is 4.93. The van der Waals surface area contributed by atoms with Gasteiger partial charge in [-0.1, -0.05) is 53.4 Å². The molecule has 5 nitrogen and oxygen atoms in total. The zero-order chi connectivity index (χ0) is 20.6. The summed E-state index contributed by atoms with van der Waals surface area (Å²) in [4.78, 5) is 0. The molecule has 28 heavy (non-hydrogen) atoms. The van der Waals surface area contributed by atoms with Gasteiger partial charge >= 0.3 is 0 Å². The number of alkyl halides is 1. The zero-order valence-corrected chi connectivity index (χ0v) is 18.5. The van der Waals surface area contributed by atoms with E-state index in [9.17, 15) is 4.39 Å². The molecule has 0 bridgehead atoms. The second-order valence-corrected chi connectivity index (χ2v) is 7.52. The van der Waals surface area contributed by atoms with Crippen LogP contribution in [0.4, 0.5) is 4.39 Å². The Morgan fingerprint density at radius 3 is 1.64 bits per heavy atom. The molecule has 0 N–H and O–H groups in total. The largest absolute Gasteiger partial charge is 0.379 e. The Morgan fingerprint density at radius 1 is 0.643 bits per heavy atom. The summed E-state index contributed by atoms with van der Waals surface area (Å²) >= 11 is 0. The SMILES string of the molecule is CCCCOC[C@H]1O[C@H](F)[C@@H](OCCCC)[C@@H](OCCCC)[C@@H]1OCCCC. The summed E-state index contributed by atoms with van der Waals surface area (Å²) < 4.78 is 44.4. The topological polar surface area (TPSA) is 46.2 Å². The van der Waals surface area contributed by atoms with E-state index in [0.717, 1.165) is 51.4 Å². The van der Waals surface area contributed by atoms with Crippen molar-refractivity contribution in [1.82, 2.24) is 0 Å². The molecule has 1 fully saturated rings. The maximum absolute atomic E-state index is 14.9. The van der Waals surface area contributed by atoms with E-state index in [1.54, 1.807) is 0 Å². The molecule has 1 saturated heterocycles. The van der Waals surface area contributed by atoms with E-state index in [1.165, 1.54) is 0 Å².